The van der Waals surface area contributed by atoms with Crippen LogP contribution in [0.4, 0.5) is 0 Å². The Kier molecular flexibility index (Phi) is 6.15. The zero-order valence-electron chi connectivity index (χ0n) is 11.8. The molecule has 0 saturated carbocycles. The lowest BCUT2D eigenvalue weighted by molar-refractivity contribution is -0.120. The van der Waals surface area contributed by atoms with Gasteiger partial charge in [-0.3, -0.25) is 4.79 Å². The standard InChI is InChI=1S/C14H22N2O3/c1-4-19-13-9-11(5-6-12(13)17)10-16(3)8-7-14(18)15-2/h5-6,9,17H,4,7-8,10H2,1-3H3,(H,15,18). The number of aromatic hydroxyl groups is 1. The molecule has 5 nitrogen and oxygen atoms in total. The molecular formula is C14H22N2O3. The highest BCUT2D eigenvalue weighted by atomic mass is 16.5. The molecule has 0 bridgehead atoms. The van der Waals surface area contributed by atoms with Gasteiger partial charge >= 0.3 is 0 Å². The zero-order valence-corrected chi connectivity index (χ0v) is 11.8. The third-order valence-electron chi connectivity index (χ3n) is 2.78. The van der Waals surface area contributed by atoms with Crippen LogP contribution in [0.2, 0.25) is 0 Å². The van der Waals surface area contributed by atoms with Gasteiger partial charge in [-0.2, -0.15) is 0 Å². The number of nitrogens with one attached hydrogen (secondary N) is 1. The SMILES string of the molecule is CCOc1cc(CN(C)CCC(=O)NC)ccc1O. The minimum atomic E-state index is 0.0348. The Bertz CT molecular complexity index is 421. The van der Waals surface area contributed by atoms with E-state index in [1.807, 2.05) is 26.1 Å². The molecule has 19 heavy (non-hydrogen) atoms. The molecule has 1 amide bonds. The highest BCUT2D eigenvalue weighted by molar-refractivity contribution is 5.75. The third-order valence-corrected chi connectivity index (χ3v) is 2.78. The van der Waals surface area contributed by atoms with E-state index < -0.39 is 0 Å². The zero-order chi connectivity index (χ0) is 14.3. The Morgan fingerprint density at radius 2 is 2.21 bits per heavy atom. The monoisotopic (exact) mass is 266 g/mol. The maximum Gasteiger partial charge on any atom is 0.221 e. The van der Waals surface area contributed by atoms with Crippen molar-refractivity contribution in [3.8, 4) is 11.5 Å². The molecule has 106 valence electrons. The fourth-order valence-corrected chi connectivity index (χ4v) is 1.74. The fraction of sp³-hybridized carbons (Fsp3) is 0.500. The number of hydrogen-bond acceptors (Lipinski definition) is 4. The highest BCUT2D eigenvalue weighted by Gasteiger charge is 2.07. The molecule has 1 aromatic rings. The summed E-state index contributed by atoms with van der Waals surface area (Å²) in [6, 6.07) is 5.32. The van der Waals surface area contributed by atoms with Crippen molar-refractivity contribution in [2.75, 3.05) is 27.2 Å². The van der Waals surface area contributed by atoms with Crippen molar-refractivity contribution < 1.29 is 14.6 Å². The lowest BCUT2D eigenvalue weighted by Crippen LogP contribution is -2.26. The smallest absolute Gasteiger partial charge is 0.221 e. The first-order valence-electron chi connectivity index (χ1n) is 6.40. The Morgan fingerprint density at radius 3 is 2.84 bits per heavy atom. The molecule has 0 aromatic heterocycles. The van der Waals surface area contributed by atoms with Crippen LogP contribution in [0.1, 0.15) is 18.9 Å². The van der Waals surface area contributed by atoms with Crippen LogP contribution in [0.25, 0.3) is 0 Å². The van der Waals surface area contributed by atoms with Crippen LogP contribution in [0.15, 0.2) is 18.2 Å². The van der Waals surface area contributed by atoms with Gasteiger partial charge < -0.3 is 20.1 Å². The van der Waals surface area contributed by atoms with Crippen LogP contribution in [-0.2, 0) is 11.3 Å². The van der Waals surface area contributed by atoms with Crippen molar-refractivity contribution in [3.05, 3.63) is 23.8 Å². The van der Waals surface area contributed by atoms with Crippen LogP contribution in [0.5, 0.6) is 11.5 Å². The number of carbonyl (C=O) groups excluding carboxylic acids is 1. The highest BCUT2D eigenvalue weighted by Crippen LogP contribution is 2.27. The largest absolute Gasteiger partial charge is 0.504 e. The Labute approximate surface area is 114 Å². The molecule has 0 unspecified atom stereocenters. The summed E-state index contributed by atoms with van der Waals surface area (Å²) in [4.78, 5) is 13.2. The minimum absolute atomic E-state index is 0.0348. The van der Waals surface area contributed by atoms with Gasteiger partial charge in [0.05, 0.1) is 6.61 Å². The Hall–Kier alpha value is -1.75. The van der Waals surface area contributed by atoms with Gasteiger partial charge in [0.15, 0.2) is 11.5 Å². The first-order chi connectivity index (χ1) is 9.06. The molecule has 0 aliphatic rings. The molecule has 0 radical (unpaired) electrons. The summed E-state index contributed by atoms with van der Waals surface area (Å²) in [5.74, 6) is 0.686. The third kappa shape index (κ3) is 5.18. The number of phenols is 1. The Balaban J connectivity index is 2.56. The Morgan fingerprint density at radius 1 is 1.47 bits per heavy atom. The van der Waals surface area contributed by atoms with Crippen LogP contribution < -0.4 is 10.1 Å². The molecule has 1 rings (SSSR count). The van der Waals surface area contributed by atoms with Gasteiger partial charge in [-0.05, 0) is 31.7 Å². The van der Waals surface area contributed by atoms with Gasteiger partial charge in [0, 0.05) is 26.6 Å². The number of amides is 1. The predicted octanol–water partition coefficient (Wildman–Crippen LogP) is 1.36. The molecule has 0 heterocycles. The number of phenolic OH excluding ortho intramolecular Hbond substituents is 1. The van der Waals surface area contributed by atoms with Crippen LogP contribution in [-0.4, -0.2) is 43.2 Å². The summed E-state index contributed by atoms with van der Waals surface area (Å²) in [5, 5.41) is 12.2. The van der Waals surface area contributed by atoms with E-state index in [1.54, 1.807) is 13.1 Å². The second kappa shape index (κ2) is 7.63. The van der Waals surface area contributed by atoms with Crippen LogP contribution in [0.3, 0.4) is 0 Å². The summed E-state index contributed by atoms with van der Waals surface area (Å²) in [6.07, 6.45) is 0.476. The van der Waals surface area contributed by atoms with E-state index in [0.717, 1.165) is 5.56 Å². The number of rotatable bonds is 7. The van der Waals surface area contributed by atoms with Crippen molar-refractivity contribution in [1.29, 1.82) is 0 Å². The van der Waals surface area contributed by atoms with E-state index in [1.165, 1.54) is 0 Å². The van der Waals surface area contributed by atoms with E-state index in [4.69, 9.17) is 4.74 Å². The molecule has 1 aromatic carbocycles. The normalized spacial score (nSPS) is 10.5. The summed E-state index contributed by atoms with van der Waals surface area (Å²) in [6.45, 7) is 3.78. The lowest BCUT2D eigenvalue weighted by Gasteiger charge is -2.17. The number of ether oxygens (including phenoxy) is 1. The molecule has 5 heteroatoms. The number of hydrogen-bond donors (Lipinski definition) is 2. The molecule has 2 N–H and O–H groups in total. The van der Waals surface area contributed by atoms with Crippen molar-refractivity contribution in [2.24, 2.45) is 0 Å². The molecule has 0 spiro atoms. The molecule has 0 aliphatic heterocycles. The van der Waals surface area contributed by atoms with E-state index in [0.29, 0.717) is 31.9 Å². The second-order valence-corrected chi connectivity index (χ2v) is 4.40. The van der Waals surface area contributed by atoms with Crippen molar-refractivity contribution >= 4 is 5.91 Å². The second-order valence-electron chi connectivity index (χ2n) is 4.40. The first-order valence-corrected chi connectivity index (χ1v) is 6.40. The molecular weight excluding hydrogens is 244 g/mol. The first kappa shape index (κ1) is 15.3. The van der Waals surface area contributed by atoms with Gasteiger partial charge in [0.2, 0.25) is 5.91 Å². The van der Waals surface area contributed by atoms with Gasteiger partial charge in [0.1, 0.15) is 0 Å². The minimum Gasteiger partial charge on any atom is -0.504 e. The number of benzene rings is 1. The summed E-state index contributed by atoms with van der Waals surface area (Å²) >= 11 is 0. The number of carbonyl (C=O) groups is 1. The molecule has 0 atom stereocenters. The topological polar surface area (TPSA) is 61.8 Å². The molecule has 0 fully saturated rings. The lowest BCUT2D eigenvalue weighted by atomic mass is 10.2. The van der Waals surface area contributed by atoms with E-state index in [2.05, 4.69) is 10.2 Å². The quantitative estimate of drug-likeness (QED) is 0.782. The predicted molar refractivity (Wildman–Crippen MR) is 74.3 cm³/mol. The van der Waals surface area contributed by atoms with Gasteiger partial charge in [-0.15, -0.1) is 0 Å². The average molecular weight is 266 g/mol. The van der Waals surface area contributed by atoms with Gasteiger partial charge in [-0.1, -0.05) is 6.07 Å². The fourth-order valence-electron chi connectivity index (χ4n) is 1.74. The maximum absolute atomic E-state index is 11.2. The van der Waals surface area contributed by atoms with Gasteiger partial charge in [-0.25, -0.2) is 0 Å². The van der Waals surface area contributed by atoms with Crippen molar-refractivity contribution in [3.63, 3.8) is 0 Å². The van der Waals surface area contributed by atoms with Crippen LogP contribution >= 0.6 is 0 Å². The maximum atomic E-state index is 11.2. The summed E-state index contributed by atoms with van der Waals surface area (Å²) in [5.41, 5.74) is 1.04. The average Bonchev–Trinajstić information content (AvgIpc) is 2.40. The van der Waals surface area contributed by atoms with E-state index in [-0.39, 0.29) is 11.7 Å². The summed E-state index contributed by atoms with van der Waals surface area (Å²) < 4.78 is 5.34. The number of nitrogens with zero attached hydrogens (tertiary/aromatic N) is 1. The van der Waals surface area contributed by atoms with Crippen LogP contribution in [0, 0.1) is 0 Å². The van der Waals surface area contributed by atoms with E-state index >= 15 is 0 Å². The van der Waals surface area contributed by atoms with Gasteiger partial charge in [0.25, 0.3) is 0 Å². The van der Waals surface area contributed by atoms with Crippen molar-refractivity contribution in [2.45, 2.75) is 19.9 Å². The summed E-state index contributed by atoms with van der Waals surface area (Å²) in [7, 11) is 3.59. The molecule has 0 saturated heterocycles. The molecule has 0 aliphatic carbocycles. The van der Waals surface area contributed by atoms with E-state index in [9.17, 15) is 9.90 Å². The van der Waals surface area contributed by atoms with Crippen molar-refractivity contribution in [1.82, 2.24) is 10.2 Å².